The molecule has 0 saturated carbocycles. The first-order valence-electron chi connectivity index (χ1n) is 6.28. The average molecular weight is 261 g/mol. The molecule has 1 heterocycles. The highest BCUT2D eigenvalue weighted by Crippen LogP contribution is 2.12. The van der Waals surface area contributed by atoms with Crippen molar-refractivity contribution in [3.63, 3.8) is 0 Å². The van der Waals surface area contributed by atoms with Crippen molar-refractivity contribution in [1.82, 2.24) is 4.90 Å². The lowest BCUT2D eigenvalue weighted by Crippen LogP contribution is -2.28. The van der Waals surface area contributed by atoms with E-state index in [0.717, 1.165) is 26.1 Å². The summed E-state index contributed by atoms with van der Waals surface area (Å²) in [6.45, 7) is 2.89. The third kappa shape index (κ3) is 4.26. The van der Waals surface area contributed by atoms with Crippen molar-refractivity contribution in [3.05, 3.63) is 58.3 Å². The fourth-order valence-corrected chi connectivity index (χ4v) is 2.71. The molecule has 18 heavy (non-hydrogen) atoms. The predicted octanol–water partition coefficient (Wildman–Crippen LogP) is 2.79. The van der Waals surface area contributed by atoms with Crippen LogP contribution in [0.15, 0.2) is 47.8 Å². The van der Waals surface area contributed by atoms with Gasteiger partial charge in [-0.25, -0.2) is 0 Å². The molecule has 2 rings (SSSR count). The van der Waals surface area contributed by atoms with Gasteiger partial charge in [0.2, 0.25) is 0 Å². The molecule has 0 amide bonds. The average Bonchev–Trinajstić information content (AvgIpc) is 2.90. The van der Waals surface area contributed by atoms with Crippen molar-refractivity contribution in [3.8, 4) is 0 Å². The molecule has 0 fully saturated rings. The monoisotopic (exact) mass is 261 g/mol. The molecule has 0 saturated heterocycles. The number of aliphatic hydroxyl groups is 1. The van der Waals surface area contributed by atoms with E-state index in [9.17, 15) is 0 Å². The van der Waals surface area contributed by atoms with Gasteiger partial charge in [0.05, 0.1) is 6.61 Å². The topological polar surface area (TPSA) is 23.5 Å². The molecule has 0 bridgehead atoms. The van der Waals surface area contributed by atoms with Gasteiger partial charge in [0.15, 0.2) is 0 Å². The highest BCUT2D eigenvalue weighted by atomic mass is 32.1. The fourth-order valence-electron chi connectivity index (χ4n) is 1.97. The van der Waals surface area contributed by atoms with Crippen LogP contribution in [0.3, 0.4) is 0 Å². The summed E-state index contributed by atoms with van der Waals surface area (Å²) in [6, 6.07) is 14.7. The zero-order valence-electron chi connectivity index (χ0n) is 10.5. The van der Waals surface area contributed by atoms with E-state index in [4.69, 9.17) is 5.11 Å². The molecule has 1 aromatic heterocycles. The number of aliphatic hydroxyl groups excluding tert-OH is 1. The number of thiophene rings is 1. The second-order valence-corrected chi connectivity index (χ2v) is 5.35. The third-order valence-corrected chi connectivity index (χ3v) is 3.80. The summed E-state index contributed by atoms with van der Waals surface area (Å²) < 4.78 is 0. The maximum Gasteiger partial charge on any atom is 0.0558 e. The Morgan fingerprint density at radius 3 is 2.50 bits per heavy atom. The van der Waals surface area contributed by atoms with E-state index in [1.54, 1.807) is 11.3 Å². The number of hydrogen-bond donors (Lipinski definition) is 1. The van der Waals surface area contributed by atoms with Gasteiger partial charge < -0.3 is 5.11 Å². The summed E-state index contributed by atoms with van der Waals surface area (Å²) in [5.74, 6) is 0. The minimum Gasteiger partial charge on any atom is -0.395 e. The van der Waals surface area contributed by atoms with Crippen LogP contribution < -0.4 is 0 Å². The van der Waals surface area contributed by atoms with Crippen LogP contribution in [0.5, 0.6) is 0 Å². The van der Waals surface area contributed by atoms with Crippen LogP contribution in [0, 0.1) is 0 Å². The minimum absolute atomic E-state index is 0.222. The summed E-state index contributed by atoms with van der Waals surface area (Å²) in [7, 11) is 0. The van der Waals surface area contributed by atoms with E-state index in [-0.39, 0.29) is 6.61 Å². The predicted molar refractivity (Wildman–Crippen MR) is 76.8 cm³/mol. The Kier molecular flexibility index (Phi) is 5.39. The van der Waals surface area contributed by atoms with Crippen molar-refractivity contribution in [1.29, 1.82) is 0 Å². The van der Waals surface area contributed by atoms with Crippen molar-refractivity contribution in [2.45, 2.75) is 13.0 Å². The Bertz CT molecular complexity index is 427. The van der Waals surface area contributed by atoms with Crippen LogP contribution in [0.2, 0.25) is 0 Å². The molecule has 0 radical (unpaired) electrons. The lowest BCUT2D eigenvalue weighted by Gasteiger charge is -2.20. The molecule has 2 nitrogen and oxygen atoms in total. The van der Waals surface area contributed by atoms with E-state index < -0.39 is 0 Å². The summed E-state index contributed by atoms with van der Waals surface area (Å²) in [5, 5.41) is 11.2. The van der Waals surface area contributed by atoms with E-state index in [0.29, 0.717) is 0 Å². The first kappa shape index (κ1) is 13.3. The van der Waals surface area contributed by atoms with E-state index >= 15 is 0 Å². The van der Waals surface area contributed by atoms with Gasteiger partial charge in [-0.05, 0) is 23.4 Å². The normalized spacial score (nSPS) is 11.0. The Labute approximate surface area is 113 Å². The minimum atomic E-state index is 0.222. The number of rotatable bonds is 7. The van der Waals surface area contributed by atoms with Crippen LogP contribution in [0.4, 0.5) is 0 Å². The maximum atomic E-state index is 9.12. The lowest BCUT2D eigenvalue weighted by molar-refractivity contribution is 0.192. The SMILES string of the molecule is OCCN(CCc1ccccc1)Cc1cccs1. The summed E-state index contributed by atoms with van der Waals surface area (Å²) >= 11 is 1.78. The van der Waals surface area contributed by atoms with Crippen molar-refractivity contribution >= 4 is 11.3 Å². The number of benzene rings is 1. The van der Waals surface area contributed by atoms with Crippen LogP contribution in [-0.4, -0.2) is 29.7 Å². The van der Waals surface area contributed by atoms with Gasteiger partial charge in [-0.2, -0.15) is 0 Å². The van der Waals surface area contributed by atoms with Crippen molar-refractivity contribution < 1.29 is 5.11 Å². The molecule has 0 atom stereocenters. The van der Waals surface area contributed by atoms with Crippen LogP contribution in [0.1, 0.15) is 10.4 Å². The Hall–Kier alpha value is -1.16. The second-order valence-electron chi connectivity index (χ2n) is 4.31. The first-order chi connectivity index (χ1) is 8.88. The Morgan fingerprint density at radius 2 is 1.83 bits per heavy atom. The van der Waals surface area contributed by atoms with Gasteiger partial charge in [-0.3, -0.25) is 4.90 Å². The largest absolute Gasteiger partial charge is 0.395 e. The van der Waals surface area contributed by atoms with E-state index in [1.807, 2.05) is 6.07 Å². The Morgan fingerprint density at radius 1 is 1.00 bits per heavy atom. The fraction of sp³-hybridized carbons (Fsp3) is 0.333. The highest BCUT2D eigenvalue weighted by molar-refractivity contribution is 7.09. The van der Waals surface area contributed by atoms with Gasteiger partial charge in [-0.15, -0.1) is 11.3 Å². The van der Waals surface area contributed by atoms with Crippen LogP contribution in [0.25, 0.3) is 0 Å². The summed E-state index contributed by atoms with van der Waals surface area (Å²) in [5.41, 5.74) is 1.35. The summed E-state index contributed by atoms with van der Waals surface area (Å²) in [4.78, 5) is 3.66. The molecule has 2 aromatic rings. The molecular weight excluding hydrogens is 242 g/mol. The molecule has 0 unspecified atom stereocenters. The zero-order valence-corrected chi connectivity index (χ0v) is 11.3. The highest BCUT2D eigenvalue weighted by Gasteiger charge is 2.06. The lowest BCUT2D eigenvalue weighted by atomic mass is 10.1. The van der Waals surface area contributed by atoms with Crippen molar-refractivity contribution in [2.24, 2.45) is 0 Å². The smallest absolute Gasteiger partial charge is 0.0558 e. The van der Waals surface area contributed by atoms with Gasteiger partial charge in [0, 0.05) is 24.5 Å². The number of hydrogen-bond acceptors (Lipinski definition) is 3. The molecule has 3 heteroatoms. The molecule has 0 aliphatic rings. The summed E-state index contributed by atoms with van der Waals surface area (Å²) in [6.07, 6.45) is 1.03. The first-order valence-corrected chi connectivity index (χ1v) is 7.16. The molecule has 0 spiro atoms. The molecular formula is C15H19NOS. The third-order valence-electron chi connectivity index (χ3n) is 2.94. The maximum absolute atomic E-state index is 9.12. The molecule has 1 aromatic carbocycles. The molecule has 0 aliphatic carbocycles. The van der Waals surface area contributed by atoms with E-state index in [2.05, 4.69) is 46.7 Å². The van der Waals surface area contributed by atoms with Crippen LogP contribution in [-0.2, 0) is 13.0 Å². The van der Waals surface area contributed by atoms with Gasteiger partial charge in [-0.1, -0.05) is 36.4 Å². The Balaban J connectivity index is 1.86. The van der Waals surface area contributed by atoms with Gasteiger partial charge in [0.1, 0.15) is 0 Å². The van der Waals surface area contributed by atoms with Gasteiger partial charge in [0.25, 0.3) is 0 Å². The molecule has 0 aliphatic heterocycles. The standard InChI is InChI=1S/C15H19NOS/c17-11-10-16(13-15-7-4-12-18-15)9-8-14-5-2-1-3-6-14/h1-7,12,17H,8-11,13H2. The molecule has 1 N–H and O–H groups in total. The van der Waals surface area contributed by atoms with Gasteiger partial charge >= 0.3 is 0 Å². The molecule has 96 valence electrons. The second kappa shape index (κ2) is 7.31. The zero-order chi connectivity index (χ0) is 12.6. The number of nitrogens with zero attached hydrogens (tertiary/aromatic N) is 1. The quantitative estimate of drug-likeness (QED) is 0.828. The van der Waals surface area contributed by atoms with E-state index in [1.165, 1.54) is 10.4 Å². The van der Waals surface area contributed by atoms with Crippen LogP contribution >= 0.6 is 11.3 Å². The van der Waals surface area contributed by atoms with Crippen molar-refractivity contribution in [2.75, 3.05) is 19.7 Å².